The zero-order valence-corrected chi connectivity index (χ0v) is 13.0. The zero-order valence-electron chi connectivity index (χ0n) is 13.0. The van der Waals surface area contributed by atoms with Gasteiger partial charge in [-0.05, 0) is 25.2 Å². The first kappa shape index (κ1) is 14.3. The molecule has 0 bridgehead atoms. The number of rotatable bonds is 3. The average molecular weight is 306 g/mol. The Morgan fingerprint density at radius 1 is 1.27 bits per heavy atom. The summed E-state index contributed by atoms with van der Waals surface area (Å²) in [5, 5.41) is 0. The number of hydrogen-bond donors (Lipinski definition) is 0. The second kappa shape index (κ2) is 5.74. The molecule has 0 aromatic carbocycles. The van der Waals surface area contributed by atoms with Crippen molar-refractivity contribution >= 4 is 5.82 Å². The van der Waals surface area contributed by atoms with Crippen LogP contribution in [0, 0.1) is 11.7 Å². The van der Waals surface area contributed by atoms with Crippen LogP contribution < -0.4 is 4.90 Å². The highest BCUT2D eigenvalue weighted by Crippen LogP contribution is 2.38. The van der Waals surface area contributed by atoms with Crippen molar-refractivity contribution in [2.75, 3.05) is 37.7 Å². The van der Waals surface area contributed by atoms with Crippen molar-refractivity contribution < 1.29 is 9.13 Å². The van der Waals surface area contributed by atoms with Crippen molar-refractivity contribution in [3.63, 3.8) is 0 Å². The van der Waals surface area contributed by atoms with E-state index in [4.69, 9.17) is 4.74 Å². The summed E-state index contributed by atoms with van der Waals surface area (Å²) in [4.78, 5) is 12.9. The maximum Gasteiger partial charge on any atom is 0.187 e. The van der Waals surface area contributed by atoms with Gasteiger partial charge < -0.3 is 9.64 Å². The maximum absolute atomic E-state index is 14.5. The lowest BCUT2D eigenvalue weighted by molar-refractivity contribution is -0.0604. The first-order chi connectivity index (χ1) is 10.8. The van der Waals surface area contributed by atoms with Gasteiger partial charge in [0.15, 0.2) is 11.6 Å². The van der Waals surface area contributed by atoms with Gasteiger partial charge in [-0.2, -0.15) is 0 Å². The minimum absolute atomic E-state index is 0.256. The van der Waals surface area contributed by atoms with Crippen LogP contribution in [-0.2, 0) is 11.2 Å². The molecule has 120 valence electrons. The minimum atomic E-state index is -0.256. The van der Waals surface area contributed by atoms with Gasteiger partial charge in [0, 0.05) is 25.7 Å². The van der Waals surface area contributed by atoms with Crippen molar-refractivity contribution in [3.05, 3.63) is 17.8 Å². The lowest BCUT2D eigenvalue weighted by Crippen LogP contribution is -2.62. The number of halogens is 1. The van der Waals surface area contributed by atoms with E-state index in [9.17, 15) is 4.39 Å². The van der Waals surface area contributed by atoms with Crippen LogP contribution in [0.15, 0.2) is 6.33 Å². The number of ether oxygens (including phenoxy) is 1. The number of anilines is 1. The first-order valence-electron chi connectivity index (χ1n) is 8.35. The van der Waals surface area contributed by atoms with E-state index in [1.54, 1.807) is 0 Å². The monoisotopic (exact) mass is 306 g/mol. The highest BCUT2D eigenvalue weighted by atomic mass is 19.1. The van der Waals surface area contributed by atoms with E-state index in [0.29, 0.717) is 30.0 Å². The van der Waals surface area contributed by atoms with Gasteiger partial charge in [0.1, 0.15) is 6.33 Å². The van der Waals surface area contributed by atoms with Gasteiger partial charge in [0.2, 0.25) is 0 Å². The predicted molar refractivity (Wildman–Crippen MR) is 81.4 cm³/mol. The lowest BCUT2D eigenvalue weighted by atomic mass is 10.0. The van der Waals surface area contributed by atoms with Crippen LogP contribution in [-0.4, -0.2) is 59.8 Å². The highest BCUT2D eigenvalue weighted by Gasteiger charge is 2.43. The van der Waals surface area contributed by atoms with Gasteiger partial charge in [-0.15, -0.1) is 0 Å². The van der Waals surface area contributed by atoms with Crippen molar-refractivity contribution in [2.24, 2.45) is 5.92 Å². The zero-order chi connectivity index (χ0) is 15.1. The molecule has 1 aromatic rings. The summed E-state index contributed by atoms with van der Waals surface area (Å²) in [6.45, 7) is 6.12. The van der Waals surface area contributed by atoms with E-state index in [-0.39, 0.29) is 5.82 Å². The second-order valence-electron chi connectivity index (χ2n) is 6.59. The molecule has 6 heteroatoms. The van der Waals surface area contributed by atoms with Crippen molar-refractivity contribution in [1.29, 1.82) is 0 Å². The number of aromatic nitrogens is 2. The fraction of sp³-hybridized carbons (Fsp3) is 0.750. The van der Waals surface area contributed by atoms with E-state index in [0.717, 1.165) is 38.8 Å². The molecule has 1 aromatic heterocycles. The summed E-state index contributed by atoms with van der Waals surface area (Å²) in [6, 6.07) is 0.926. The fourth-order valence-corrected chi connectivity index (χ4v) is 3.82. The molecule has 3 heterocycles. The summed E-state index contributed by atoms with van der Waals surface area (Å²) in [5.74, 6) is 1.02. The molecule has 2 aliphatic heterocycles. The van der Waals surface area contributed by atoms with E-state index < -0.39 is 0 Å². The number of hydrogen-bond acceptors (Lipinski definition) is 5. The summed E-state index contributed by atoms with van der Waals surface area (Å²) in [6.07, 6.45) is 4.74. The molecule has 5 nitrogen and oxygen atoms in total. The average Bonchev–Trinajstić information content (AvgIpc) is 3.39. The summed E-state index contributed by atoms with van der Waals surface area (Å²) < 4.78 is 20.3. The van der Waals surface area contributed by atoms with Gasteiger partial charge in [-0.1, -0.05) is 6.92 Å². The summed E-state index contributed by atoms with van der Waals surface area (Å²) >= 11 is 0. The minimum Gasteiger partial charge on any atom is -0.378 e. The fourth-order valence-electron chi connectivity index (χ4n) is 3.82. The van der Waals surface area contributed by atoms with E-state index in [1.807, 2.05) is 6.92 Å². The first-order valence-corrected chi connectivity index (χ1v) is 8.35. The highest BCUT2D eigenvalue weighted by molar-refractivity contribution is 5.42. The Balaban J connectivity index is 1.52. The largest absolute Gasteiger partial charge is 0.378 e. The third-order valence-corrected chi connectivity index (χ3v) is 5.20. The van der Waals surface area contributed by atoms with Gasteiger partial charge in [-0.3, -0.25) is 4.90 Å². The smallest absolute Gasteiger partial charge is 0.187 e. The van der Waals surface area contributed by atoms with Crippen LogP contribution in [0.3, 0.4) is 0 Å². The SMILES string of the molecule is CCc1ncnc(N2CCN3[C@@H](COC[C@@H]3C3CC3)C2)c1F. The van der Waals surface area contributed by atoms with Crippen LogP contribution in [0.5, 0.6) is 0 Å². The standard InChI is InChI=1S/C16H23FN4O/c1-2-13-15(17)16(19-10-18-13)20-5-6-21-12(7-20)8-22-9-14(21)11-3-4-11/h10-12,14H,2-9H2,1H3/t12-,14-/m1/s1. The van der Waals surface area contributed by atoms with Gasteiger partial charge in [0.05, 0.1) is 24.9 Å². The topological polar surface area (TPSA) is 41.5 Å². The normalized spacial score (nSPS) is 29.5. The number of nitrogens with zero attached hydrogens (tertiary/aromatic N) is 4. The quantitative estimate of drug-likeness (QED) is 0.846. The molecule has 2 saturated heterocycles. The number of aryl methyl sites for hydroxylation is 1. The Morgan fingerprint density at radius 2 is 2.14 bits per heavy atom. The van der Waals surface area contributed by atoms with E-state index in [1.165, 1.54) is 19.2 Å². The van der Waals surface area contributed by atoms with Crippen LogP contribution in [0.25, 0.3) is 0 Å². The predicted octanol–water partition coefficient (Wildman–Crippen LogP) is 1.48. The van der Waals surface area contributed by atoms with Gasteiger partial charge >= 0.3 is 0 Å². The molecular formula is C16H23FN4O. The molecule has 2 atom stereocenters. The van der Waals surface area contributed by atoms with Crippen LogP contribution in [0.1, 0.15) is 25.5 Å². The molecule has 3 fully saturated rings. The van der Waals surface area contributed by atoms with Crippen molar-refractivity contribution in [1.82, 2.24) is 14.9 Å². The van der Waals surface area contributed by atoms with Crippen molar-refractivity contribution in [2.45, 2.75) is 38.3 Å². The molecule has 1 saturated carbocycles. The molecule has 0 unspecified atom stereocenters. The Kier molecular flexibility index (Phi) is 3.74. The Bertz CT molecular complexity index is 551. The van der Waals surface area contributed by atoms with E-state index in [2.05, 4.69) is 19.8 Å². The second-order valence-corrected chi connectivity index (χ2v) is 6.59. The Labute approximate surface area is 130 Å². The Morgan fingerprint density at radius 3 is 2.91 bits per heavy atom. The van der Waals surface area contributed by atoms with E-state index >= 15 is 0 Å². The van der Waals surface area contributed by atoms with Crippen LogP contribution in [0.2, 0.25) is 0 Å². The molecular weight excluding hydrogens is 283 g/mol. The molecule has 0 N–H and O–H groups in total. The van der Waals surface area contributed by atoms with Gasteiger partial charge in [-0.25, -0.2) is 14.4 Å². The molecule has 22 heavy (non-hydrogen) atoms. The van der Waals surface area contributed by atoms with Crippen molar-refractivity contribution in [3.8, 4) is 0 Å². The molecule has 0 amide bonds. The number of fused-ring (bicyclic) bond motifs is 1. The summed E-state index contributed by atoms with van der Waals surface area (Å²) in [5.41, 5.74) is 0.503. The molecule has 0 radical (unpaired) electrons. The molecule has 4 rings (SSSR count). The van der Waals surface area contributed by atoms with Gasteiger partial charge in [0.25, 0.3) is 0 Å². The van der Waals surface area contributed by atoms with Crippen LogP contribution in [0.4, 0.5) is 10.2 Å². The third kappa shape index (κ3) is 2.48. The molecule has 1 aliphatic carbocycles. The maximum atomic E-state index is 14.5. The third-order valence-electron chi connectivity index (χ3n) is 5.20. The number of piperazine rings is 1. The number of morpholine rings is 1. The Hall–Kier alpha value is -1.27. The molecule has 0 spiro atoms. The summed E-state index contributed by atoms with van der Waals surface area (Å²) in [7, 11) is 0. The van der Waals surface area contributed by atoms with Crippen LogP contribution >= 0.6 is 0 Å². The molecule has 3 aliphatic rings. The lowest BCUT2D eigenvalue weighted by Gasteiger charge is -2.48.